The molecule has 0 aromatic heterocycles. The molecule has 0 amide bonds. The largest absolute Gasteiger partial charge is 0.416 e. The summed E-state index contributed by atoms with van der Waals surface area (Å²) in [6.45, 7) is 0.695. The number of hydrogen-bond donors (Lipinski definition) is 1. The molecule has 0 unspecified atom stereocenters. The molecule has 0 aliphatic heterocycles. The third kappa shape index (κ3) is 3.31. The molecule has 18 heavy (non-hydrogen) atoms. The van der Waals surface area contributed by atoms with Crippen LogP contribution in [0.15, 0.2) is 18.2 Å². The second-order valence-corrected chi connectivity index (χ2v) is 5.13. The zero-order valence-electron chi connectivity index (χ0n) is 9.86. The molecule has 1 aliphatic carbocycles. The predicted molar refractivity (Wildman–Crippen MR) is 66.9 cm³/mol. The van der Waals surface area contributed by atoms with Crippen molar-refractivity contribution in [2.75, 3.05) is 11.9 Å². The van der Waals surface area contributed by atoms with E-state index >= 15 is 0 Å². The highest BCUT2D eigenvalue weighted by Gasteiger charge is 2.31. The fraction of sp³-hybridized carbons (Fsp3) is 0.538. The maximum absolute atomic E-state index is 12.6. The van der Waals surface area contributed by atoms with Crippen molar-refractivity contribution in [3.8, 4) is 0 Å². The first kappa shape index (κ1) is 13.5. The molecule has 1 nitrogen and oxygen atoms in total. The average molecular weight is 278 g/mol. The second-order valence-electron chi connectivity index (χ2n) is 4.72. The van der Waals surface area contributed by atoms with Crippen molar-refractivity contribution in [1.29, 1.82) is 0 Å². The summed E-state index contributed by atoms with van der Waals surface area (Å²) in [5.74, 6) is 0.551. The van der Waals surface area contributed by atoms with E-state index in [4.69, 9.17) is 11.6 Å². The highest BCUT2D eigenvalue weighted by molar-refractivity contribution is 6.33. The normalized spacial score (nSPS) is 17.1. The minimum absolute atomic E-state index is 0.334. The zero-order valence-corrected chi connectivity index (χ0v) is 10.6. The van der Waals surface area contributed by atoms with Gasteiger partial charge in [0.25, 0.3) is 0 Å². The van der Waals surface area contributed by atoms with E-state index < -0.39 is 11.7 Å². The molecule has 1 N–H and O–H groups in total. The fourth-order valence-corrected chi connectivity index (χ4v) is 2.49. The van der Waals surface area contributed by atoms with Crippen molar-refractivity contribution in [2.24, 2.45) is 5.92 Å². The van der Waals surface area contributed by atoms with Crippen LogP contribution in [0.1, 0.15) is 31.2 Å². The molecule has 1 aromatic carbocycles. The highest BCUT2D eigenvalue weighted by atomic mass is 35.5. The topological polar surface area (TPSA) is 12.0 Å². The van der Waals surface area contributed by atoms with Crippen LogP contribution in [0.25, 0.3) is 0 Å². The van der Waals surface area contributed by atoms with Crippen LogP contribution in [0.4, 0.5) is 18.9 Å². The molecule has 0 atom stereocenters. The van der Waals surface area contributed by atoms with Gasteiger partial charge in [0.2, 0.25) is 0 Å². The molecule has 0 bridgehead atoms. The van der Waals surface area contributed by atoms with Gasteiger partial charge in [0.1, 0.15) is 0 Å². The van der Waals surface area contributed by atoms with Gasteiger partial charge in [0, 0.05) is 6.54 Å². The number of halogens is 4. The van der Waals surface area contributed by atoms with Crippen LogP contribution in [0, 0.1) is 5.92 Å². The van der Waals surface area contributed by atoms with Gasteiger partial charge < -0.3 is 5.32 Å². The molecule has 1 saturated carbocycles. The summed E-state index contributed by atoms with van der Waals surface area (Å²) in [5, 5.41) is 3.37. The van der Waals surface area contributed by atoms with Crippen molar-refractivity contribution in [2.45, 2.75) is 31.9 Å². The van der Waals surface area contributed by atoms with Gasteiger partial charge in [-0.15, -0.1) is 0 Å². The van der Waals surface area contributed by atoms with E-state index in [1.54, 1.807) is 0 Å². The lowest BCUT2D eigenvalue weighted by molar-refractivity contribution is -0.137. The van der Waals surface area contributed by atoms with Crippen LogP contribution in [0.5, 0.6) is 0 Å². The van der Waals surface area contributed by atoms with E-state index in [0.717, 1.165) is 25.0 Å². The Labute approximate surface area is 109 Å². The van der Waals surface area contributed by atoms with E-state index in [1.165, 1.54) is 18.9 Å². The van der Waals surface area contributed by atoms with Gasteiger partial charge in [-0.2, -0.15) is 13.2 Å². The number of rotatable bonds is 3. The Morgan fingerprint density at radius 1 is 1.22 bits per heavy atom. The van der Waals surface area contributed by atoms with E-state index in [2.05, 4.69) is 5.32 Å². The Morgan fingerprint density at radius 2 is 1.89 bits per heavy atom. The minimum atomic E-state index is -4.33. The van der Waals surface area contributed by atoms with Gasteiger partial charge in [-0.25, -0.2) is 0 Å². The Bertz CT molecular complexity index is 411. The number of benzene rings is 1. The number of anilines is 1. The van der Waals surface area contributed by atoms with E-state index in [1.807, 2.05) is 0 Å². The molecule has 1 aliphatic rings. The van der Waals surface area contributed by atoms with Crippen LogP contribution in [0.3, 0.4) is 0 Å². The molecule has 100 valence electrons. The second kappa shape index (κ2) is 5.39. The highest BCUT2D eigenvalue weighted by Crippen LogP contribution is 2.34. The first-order valence-corrected chi connectivity index (χ1v) is 6.45. The van der Waals surface area contributed by atoms with E-state index in [-0.39, 0.29) is 0 Å². The fourth-order valence-electron chi connectivity index (χ4n) is 2.31. The molecular formula is C13H15ClF3N. The summed E-state index contributed by atoms with van der Waals surface area (Å²) in [6, 6.07) is 3.38. The van der Waals surface area contributed by atoms with E-state index in [9.17, 15) is 13.2 Å². The molecule has 0 spiro atoms. The van der Waals surface area contributed by atoms with Crippen LogP contribution in [-0.4, -0.2) is 6.54 Å². The molecule has 5 heteroatoms. The monoisotopic (exact) mass is 277 g/mol. The lowest BCUT2D eigenvalue weighted by Gasteiger charge is -2.15. The third-order valence-corrected chi connectivity index (χ3v) is 3.68. The van der Waals surface area contributed by atoms with Crippen molar-refractivity contribution >= 4 is 17.3 Å². The summed E-state index contributed by atoms with van der Waals surface area (Å²) in [7, 11) is 0. The van der Waals surface area contributed by atoms with Crippen molar-refractivity contribution in [3.63, 3.8) is 0 Å². The van der Waals surface area contributed by atoms with Crippen molar-refractivity contribution < 1.29 is 13.2 Å². The molecule has 2 rings (SSSR count). The van der Waals surface area contributed by atoms with Gasteiger partial charge in [0.15, 0.2) is 0 Å². The van der Waals surface area contributed by atoms with Crippen LogP contribution < -0.4 is 5.32 Å². The molecule has 1 aromatic rings. The van der Waals surface area contributed by atoms with Gasteiger partial charge in [-0.05, 0) is 37.0 Å². The molecule has 0 saturated heterocycles. The molecule has 0 radical (unpaired) electrons. The van der Waals surface area contributed by atoms with Crippen molar-refractivity contribution in [3.05, 3.63) is 28.8 Å². The van der Waals surface area contributed by atoms with Gasteiger partial charge in [0.05, 0.1) is 16.3 Å². The van der Waals surface area contributed by atoms with Gasteiger partial charge >= 0.3 is 6.18 Å². The zero-order chi connectivity index (χ0) is 13.2. The Morgan fingerprint density at radius 3 is 2.50 bits per heavy atom. The van der Waals surface area contributed by atoms with Gasteiger partial charge in [-0.1, -0.05) is 24.4 Å². The molecular weight excluding hydrogens is 263 g/mol. The lowest BCUT2D eigenvalue weighted by Crippen LogP contribution is -2.12. The maximum atomic E-state index is 12.6. The standard InChI is InChI=1S/C13H15ClF3N/c14-11-6-5-10(13(15,16)17)7-12(11)18-8-9-3-1-2-4-9/h5-7,9,18H,1-4,8H2. The number of hydrogen-bond acceptors (Lipinski definition) is 1. The minimum Gasteiger partial charge on any atom is -0.384 e. The van der Waals surface area contributed by atoms with Crippen molar-refractivity contribution in [1.82, 2.24) is 0 Å². The summed E-state index contributed by atoms with van der Waals surface area (Å²) in [5.41, 5.74) is -0.292. The summed E-state index contributed by atoms with van der Waals surface area (Å²) >= 11 is 5.90. The maximum Gasteiger partial charge on any atom is 0.416 e. The number of nitrogens with one attached hydrogen (secondary N) is 1. The van der Waals surface area contributed by atoms with Crippen LogP contribution >= 0.6 is 11.6 Å². The Balaban J connectivity index is 2.06. The Hall–Kier alpha value is -0.900. The number of alkyl halides is 3. The third-order valence-electron chi connectivity index (χ3n) is 3.35. The average Bonchev–Trinajstić information content (AvgIpc) is 2.79. The smallest absolute Gasteiger partial charge is 0.384 e. The van der Waals surface area contributed by atoms with Crippen LogP contribution in [-0.2, 0) is 6.18 Å². The quantitative estimate of drug-likeness (QED) is 0.823. The summed E-state index contributed by atoms with van der Waals surface area (Å²) in [6.07, 6.45) is 0.382. The SMILES string of the molecule is FC(F)(F)c1ccc(Cl)c(NCC2CCCC2)c1. The first-order chi connectivity index (χ1) is 8.47. The molecule has 1 fully saturated rings. The predicted octanol–water partition coefficient (Wildman–Crippen LogP) is 4.96. The lowest BCUT2D eigenvalue weighted by atomic mass is 10.1. The summed E-state index contributed by atoms with van der Waals surface area (Å²) < 4.78 is 37.7. The van der Waals surface area contributed by atoms with Gasteiger partial charge in [-0.3, -0.25) is 0 Å². The van der Waals surface area contributed by atoms with E-state index in [0.29, 0.717) is 23.2 Å². The summed E-state index contributed by atoms with van der Waals surface area (Å²) in [4.78, 5) is 0. The first-order valence-electron chi connectivity index (χ1n) is 6.07. The molecule has 0 heterocycles. The Kier molecular flexibility index (Phi) is 4.05. The van der Waals surface area contributed by atoms with Crippen LogP contribution in [0.2, 0.25) is 5.02 Å².